The monoisotopic (exact) mass is 291 g/mol. The normalized spacial score (nSPS) is 30.4. The highest BCUT2D eigenvalue weighted by molar-refractivity contribution is 6.42. The van der Waals surface area contributed by atoms with Gasteiger partial charge in [0.15, 0.2) is 0 Å². The molecule has 1 fully saturated rings. The lowest BCUT2D eigenvalue weighted by molar-refractivity contribution is 0.277. The van der Waals surface area contributed by atoms with E-state index in [1.54, 1.807) is 0 Å². The summed E-state index contributed by atoms with van der Waals surface area (Å²) < 4.78 is 0. The van der Waals surface area contributed by atoms with E-state index < -0.39 is 0 Å². The second-order valence-electron chi connectivity index (χ2n) is 5.27. The molecule has 0 amide bonds. The van der Waals surface area contributed by atoms with Crippen molar-refractivity contribution in [1.29, 1.82) is 0 Å². The maximum atomic E-state index is 6.29. The number of hydrogen-bond donors (Lipinski definition) is 1. The molecule has 94 valence electrons. The molecule has 0 radical (unpaired) electrons. The predicted octanol–water partition coefficient (Wildman–Crippen LogP) is 4.05. The Morgan fingerprint density at radius 3 is 2.88 bits per heavy atom. The molecule has 1 N–H and O–H groups in total. The molecule has 1 aromatic carbocycles. The molecule has 3 rings (SSSR count). The van der Waals surface area contributed by atoms with Gasteiger partial charge in [-0.2, -0.15) is 0 Å². The number of fused-ring (bicyclic) bond motifs is 3. The van der Waals surface area contributed by atoms with Crippen LogP contribution in [0.3, 0.4) is 0 Å². The van der Waals surface area contributed by atoms with E-state index in [2.05, 4.69) is 18.3 Å². The van der Waals surface area contributed by atoms with Crippen LogP contribution in [0.15, 0.2) is 12.1 Å². The second-order valence-corrected chi connectivity index (χ2v) is 6.05. The van der Waals surface area contributed by atoms with Gasteiger partial charge < -0.3 is 5.32 Å². The Morgan fingerprint density at radius 2 is 2.12 bits per heavy atom. The first-order valence-corrected chi connectivity index (χ1v) is 6.55. The number of hydrogen-bond acceptors (Lipinski definition) is 1. The van der Waals surface area contributed by atoms with Crippen LogP contribution in [0.25, 0.3) is 0 Å². The summed E-state index contributed by atoms with van der Waals surface area (Å²) in [7, 11) is 0. The first-order valence-electron chi connectivity index (χ1n) is 5.79. The molecule has 1 aliphatic carbocycles. The van der Waals surface area contributed by atoms with E-state index in [1.165, 1.54) is 17.5 Å². The second kappa shape index (κ2) is 4.62. The molecule has 1 saturated heterocycles. The number of benzene rings is 1. The first-order chi connectivity index (χ1) is 7.62. The van der Waals surface area contributed by atoms with E-state index in [1.807, 2.05) is 6.07 Å². The fourth-order valence-electron chi connectivity index (χ4n) is 3.22. The maximum Gasteiger partial charge on any atom is 0.0627 e. The van der Waals surface area contributed by atoms with E-state index in [9.17, 15) is 0 Å². The molecular formula is C13H16Cl3N. The van der Waals surface area contributed by atoms with E-state index in [4.69, 9.17) is 23.2 Å². The van der Waals surface area contributed by atoms with Crippen LogP contribution in [0.5, 0.6) is 0 Å². The van der Waals surface area contributed by atoms with Crippen LogP contribution in [0, 0.1) is 5.41 Å². The van der Waals surface area contributed by atoms with E-state index in [-0.39, 0.29) is 12.4 Å². The van der Waals surface area contributed by atoms with E-state index in [0.29, 0.717) is 16.4 Å². The van der Waals surface area contributed by atoms with Crippen molar-refractivity contribution in [3.8, 4) is 0 Å². The summed E-state index contributed by atoms with van der Waals surface area (Å²) in [5, 5.41) is 4.96. The van der Waals surface area contributed by atoms with Gasteiger partial charge in [-0.15, -0.1) is 12.4 Å². The Balaban J connectivity index is 0.00000108. The number of halogens is 3. The Kier molecular flexibility index (Phi) is 3.66. The topological polar surface area (TPSA) is 12.0 Å². The van der Waals surface area contributed by atoms with Gasteiger partial charge in [0.05, 0.1) is 10.0 Å². The molecule has 17 heavy (non-hydrogen) atoms. The van der Waals surface area contributed by atoms with Crippen LogP contribution in [-0.4, -0.2) is 13.1 Å². The molecule has 1 heterocycles. The minimum Gasteiger partial charge on any atom is -0.316 e. The van der Waals surface area contributed by atoms with Crippen molar-refractivity contribution in [3.05, 3.63) is 33.3 Å². The fraction of sp³-hybridized carbons (Fsp3) is 0.538. The highest BCUT2D eigenvalue weighted by Gasteiger charge is 2.43. The van der Waals surface area contributed by atoms with Gasteiger partial charge in [-0.25, -0.2) is 0 Å². The average Bonchev–Trinajstić information content (AvgIpc) is 2.65. The molecule has 2 unspecified atom stereocenters. The van der Waals surface area contributed by atoms with Gasteiger partial charge >= 0.3 is 0 Å². The lowest BCUT2D eigenvalue weighted by Gasteiger charge is -2.37. The summed E-state index contributed by atoms with van der Waals surface area (Å²) in [4.78, 5) is 0. The van der Waals surface area contributed by atoms with Crippen molar-refractivity contribution in [2.45, 2.75) is 25.7 Å². The summed E-state index contributed by atoms with van der Waals surface area (Å²) in [6, 6.07) is 4.10. The van der Waals surface area contributed by atoms with Gasteiger partial charge in [0.2, 0.25) is 0 Å². The Labute approximate surface area is 118 Å². The fourth-order valence-corrected chi connectivity index (χ4v) is 3.66. The van der Waals surface area contributed by atoms with Gasteiger partial charge in [0.1, 0.15) is 0 Å². The minimum absolute atomic E-state index is 0. The highest BCUT2D eigenvalue weighted by atomic mass is 35.5. The minimum atomic E-state index is 0. The standard InChI is InChI=1S/C13H15Cl2N.ClH/c1-13-5-4-9-8(10(13)6-16-7-13)2-3-11(14)12(9)15;/h2-3,10,16H,4-7H2,1H3;1H. The van der Waals surface area contributed by atoms with Crippen molar-refractivity contribution >= 4 is 35.6 Å². The SMILES string of the molecule is CC12CCc3c(ccc(Cl)c3Cl)C1CNC2.Cl. The lowest BCUT2D eigenvalue weighted by atomic mass is 9.67. The van der Waals surface area contributed by atoms with Crippen molar-refractivity contribution < 1.29 is 0 Å². The zero-order valence-electron chi connectivity index (χ0n) is 9.72. The van der Waals surface area contributed by atoms with Gasteiger partial charge in [0, 0.05) is 19.0 Å². The maximum absolute atomic E-state index is 6.29. The Bertz CT molecular complexity index is 447. The lowest BCUT2D eigenvalue weighted by Crippen LogP contribution is -2.30. The van der Waals surface area contributed by atoms with Crippen molar-refractivity contribution in [2.24, 2.45) is 5.41 Å². The summed E-state index contributed by atoms with van der Waals surface area (Å²) in [5.74, 6) is 0.603. The quantitative estimate of drug-likeness (QED) is 0.760. The third-order valence-corrected chi connectivity index (χ3v) is 5.12. The zero-order valence-corrected chi connectivity index (χ0v) is 12.1. The van der Waals surface area contributed by atoms with Crippen molar-refractivity contribution in [1.82, 2.24) is 5.32 Å². The number of nitrogens with one attached hydrogen (secondary N) is 1. The molecule has 2 atom stereocenters. The molecule has 0 aromatic heterocycles. The zero-order chi connectivity index (χ0) is 11.3. The van der Waals surface area contributed by atoms with Gasteiger partial charge in [-0.05, 0) is 35.4 Å². The first kappa shape index (κ1) is 13.5. The molecule has 0 saturated carbocycles. The third kappa shape index (κ3) is 1.98. The summed E-state index contributed by atoms with van der Waals surface area (Å²) in [6.07, 6.45) is 2.27. The Hall–Kier alpha value is 0.0500. The van der Waals surface area contributed by atoms with Gasteiger partial charge in [0.25, 0.3) is 0 Å². The molecule has 2 aliphatic rings. The van der Waals surface area contributed by atoms with Crippen LogP contribution in [0.4, 0.5) is 0 Å². The largest absolute Gasteiger partial charge is 0.316 e. The van der Waals surface area contributed by atoms with Crippen LogP contribution in [-0.2, 0) is 6.42 Å². The average molecular weight is 293 g/mol. The van der Waals surface area contributed by atoms with E-state index >= 15 is 0 Å². The highest BCUT2D eigenvalue weighted by Crippen LogP contribution is 2.49. The summed E-state index contributed by atoms with van der Waals surface area (Å²) in [6.45, 7) is 4.57. The van der Waals surface area contributed by atoms with Crippen LogP contribution >= 0.6 is 35.6 Å². The molecule has 1 aromatic rings. The molecular weight excluding hydrogens is 277 g/mol. The van der Waals surface area contributed by atoms with Crippen LogP contribution in [0.1, 0.15) is 30.4 Å². The molecule has 1 nitrogen and oxygen atoms in total. The van der Waals surface area contributed by atoms with Crippen molar-refractivity contribution in [2.75, 3.05) is 13.1 Å². The summed E-state index contributed by atoms with van der Waals surface area (Å²) in [5.41, 5.74) is 3.10. The number of rotatable bonds is 0. The van der Waals surface area contributed by atoms with Crippen LogP contribution in [0.2, 0.25) is 10.0 Å². The van der Waals surface area contributed by atoms with E-state index in [0.717, 1.165) is 24.5 Å². The molecule has 1 aliphatic heterocycles. The molecule has 4 heteroatoms. The predicted molar refractivity (Wildman–Crippen MR) is 75.7 cm³/mol. The smallest absolute Gasteiger partial charge is 0.0627 e. The van der Waals surface area contributed by atoms with Crippen molar-refractivity contribution in [3.63, 3.8) is 0 Å². The van der Waals surface area contributed by atoms with Gasteiger partial charge in [-0.3, -0.25) is 0 Å². The van der Waals surface area contributed by atoms with Crippen LogP contribution < -0.4 is 5.32 Å². The molecule has 0 bridgehead atoms. The molecule has 0 spiro atoms. The van der Waals surface area contributed by atoms with Gasteiger partial charge in [-0.1, -0.05) is 36.2 Å². The summed E-state index contributed by atoms with van der Waals surface area (Å²) >= 11 is 12.4. The third-order valence-electron chi connectivity index (χ3n) is 4.27. The Morgan fingerprint density at radius 1 is 1.35 bits per heavy atom.